The van der Waals surface area contributed by atoms with E-state index in [1.165, 1.54) is 12.8 Å². The van der Waals surface area contributed by atoms with Gasteiger partial charge in [0.1, 0.15) is 0 Å². The summed E-state index contributed by atoms with van der Waals surface area (Å²) in [5.41, 5.74) is 0.126. The van der Waals surface area contributed by atoms with Crippen molar-refractivity contribution < 1.29 is 24.1 Å². The highest BCUT2D eigenvalue weighted by molar-refractivity contribution is 6.74. The van der Waals surface area contributed by atoms with Gasteiger partial charge in [0.25, 0.3) is 0 Å². The van der Waals surface area contributed by atoms with Crippen LogP contribution in [0.5, 0.6) is 0 Å². The first-order valence-corrected chi connectivity index (χ1v) is 16.8. The van der Waals surface area contributed by atoms with Crippen molar-refractivity contribution in [2.24, 2.45) is 34.5 Å². The molecule has 196 valence electrons. The first-order chi connectivity index (χ1) is 15.5. The van der Waals surface area contributed by atoms with Crippen LogP contribution in [-0.2, 0) is 13.9 Å². The molecule has 11 atom stereocenters. The van der Waals surface area contributed by atoms with Crippen molar-refractivity contribution in [2.75, 3.05) is 0 Å². The second-order valence-electron chi connectivity index (χ2n) is 15.0. The fourth-order valence-corrected chi connectivity index (χ4v) is 10.4. The third kappa shape index (κ3) is 3.56. The molecule has 0 bridgehead atoms. The van der Waals surface area contributed by atoms with Crippen molar-refractivity contribution >= 4 is 8.32 Å². The van der Waals surface area contributed by atoms with Gasteiger partial charge in [-0.05, 0) is 99.1 Å². The zero-order valence-electron chi connectivity index (χ0n) is 23.1. The molecule has 1 aliphatic heterocycles. The maximum Gasteiger partial charge on any atom is 0.192 e. The molecule has 5 rings (SSSR count). The third-order valence-corrected chi connectivity index (χ3v) is 16.2. The van der Waals surface area contributed by atoms with Gasteiger partial charge in [0.15, 0.2) is 14.1 Å². The highest BCUT2D eigenvalue weighted by Crippen LogP contribution is 2.69. The van der Waals surface area contributed by atoms with E-state index >= 15 is 0 Å². The van der Waals surface area contributed by atoms with E-state index in [4.69, 9.17) is 13.9 Å². The SMILES string of the molecule is CC1(C)O[C@@H]2C3C(CC[C@@]4(C)C3CC[C@@H]4O[Si](C)(C)C(C)(C)C)[C@@]3(C)CC[C@H](O)[C@@H](O)C3[C@H]2O1. The second-order valence-corrected chi connectivity index (χ2v) is 19.7. The summed E-state index contributed by atoms with van der Waals surface area (Å²) in [6, 6.07) is 0. The van der Waals surface area contributed by atoms with E-state index in [1.807, 2.05) is 13.8 Å². The molecule has 4 aliphatic carbocycles. The molecule has 0 aromatic heterocycles. The Hall–Kier alpha value is 0.0169. The Bertz CT molecular complexity index is 807. The van der Waals surface area contributed by atoms with E-state index in [0.29, 0.717) is 30.3 Å². The molecular formula is C28H50O5Si. The predicted octanol–water partition coefficient (Wildman–Crippen LogP) is 5.49. The number of aliphatic hydroxyl groups excluding tert-OH is 2. The first-order valence-electron chi connectivity index (χ1n) is 13.9. The minimum Gasteiger partial charge on any atom is -0.413 e. The van der Waals surface area contributed by atoms with E-state index in [0.717, 1.165) is 19.3 Å². The molecule has 2 N–H and O–H groups in total. The Morgan fingerprint density at radius 3 is 2.06 bits per heavy atom. The molecule has 1 heterocycles. The average Bonchev–Trinajstić information content (AvgIpc) is 3.19. The van der Waals surface area contributed by atoms with Crippen LogP contribution in [0.15, 0.2) is 0 Å². The summed E-state index contributed by atoms with van der Waals surface area (Å²) in [5.74, 6) is 0.726. The predicted molar refractivity (Wildman–Crippen MR) is 136 cm³/mol. The summed E-state index contributed by atoms with van der Waals surface area (Å²) in [6.45, 7) is 20.7. The Kier molecular flexibility index (Phi) is 5.86. The normalized spacial score (nSPS) is 52.5. The molecule has 6 heteroatoms. The molecule has 4 unspecified atom stereocenters. The van der Waals surface area contributed by atoms with Gasteiger partial charge in [0, 0.05) is 5.92 Å². The summed E-state index contributed by atoms with van der Waals surface area (Å²) in [5, 5.41) is 22.1. The number of hydrogen-bond acceptors (Lipinski definition) is 5. The zero-order valence-corrected chi connectivity index (χ0v) is 24.1. The maximum atomic E-state index is 11.2. The van der Waals surface area contributed by atoms with Gasteiger partial charge in [0.05, 0.1) is 30.5 Å². The average molecular weight is 495 g/mol. The highest BCUT2D eigenvalue weighted by Gasteiger charge is 2.70. The van der Waals surface area contributed by atoms with Crippen molar-refractivity contribution in [3.05, 3.63) is 0 Å². The smallest absolute Gasteiger partial charge is 0.192 e. The van der Waals surface area contributed by atoms with Crippen LogP contribution in [0.4, 0.5) is 0 Å². The summed E-state index contributed by atoms with van der Waals surface area (Å²) < 4.78 is 20.4. The molecule has 5 nitrogen and oxygen atoms in total. The van der Waals surface area contributed by atoms with E-state index in [2.05, 4.69) is 47.7 Å². The second kappa shape index (κ2) is 7.77. The number of ether oxygens (including phenoxy) is 2. The van der Waals surface area contributed by atoms with Crippen molar-refractivity contribution in [3.63, 3.8) is 0 Å². The van der Waals surface area contributed by atoms with Crippen molar-refractivity contribution in [3.8, 4) is 0 Å². The van der Waals surface area contributed by atoms with E-state index in [9.17, 15) is 10.2 Å². The van der Waals surface area contributed by atoms with Gasteiger partial charge in [-0.1, -0.05) is 34.6 Å². The Labute approximate surface area is 208 Å². The van der Waals surface area contributed by atoms with Gasteiger partial charge in [-0.2, -0.15) is 0 Å². The van der Waals surface area contributed by atoms with E-state index in [1.54, 1.807) is 0 Å². The number of hydrogen-bond donors (Lipinski definition) is 2. The van der Waals surface area contributed by atoms with Crippen LogP contribution in [0.2, 0.25) is 18.1 Å². The van der Waals surface area contributed by atoms with Crippen LogP contribution >= 0.6 is 0 Å². The number of aliphatic hydroxyl groups is 2. The molecule has 0 radical (unpaired) electrons. The minimum atomic E-state index is -1.86. The van der Waals surface area contributed by atoms with Gasteiger partial charge >= 0.3 is 0 Å². The van der Waals surface area contributed by atoms with E-state index < -0.39 is 26.3 Å². The summed E-state index contributed by atoms with van der Waals surface area (Å²) in [6.07, 6.45) is 5.03. The fourth-order valence-electron chi connectivity index (χ4n) is 8.92. The topological polar surface area (TPSA) is 68.2 Å². The molecule has 4 saturated carbocycles. The minimum absolute atomic E-state index is 0.0192. The molecule has 34 heavy (non-hydrogen) atoms. The molecule has 0 amide bonds. The fraction of sp³-hybridized carbons (Fsp3) is 1.00. The molecule has 0 spiro atoms. The molecule has 1 saturated heterocycles. The molecule has 5 aliphatic rings. The third-order valence-electron chi connectivity index (χ3n) is 11.7. The number of rotatable bonds is 2. The van der Waals surface area contributed by atoms with Gasteiger partial charge in [-0.3, -0.25) is 0 Å². The standard InChI is InChI=1S/C28H50O5Si/c1-25(2,3)34(8,9)33-19-11-10-16-20-17(12-14-27(16,19)6)28(7)15-13-18(29)22(30)21(28)24-23(20)31-26(4,5)32-24/h16-24,29-30H,10-15H2,1-9H3/t16?,17?,18-,19-,20?,21?,22+,23+,24+,27-,28+/m0/s1. The van der Waals surface area contributed by atoms with Crippen LogP contribution in [-0.4, -0.2) is 54.8 Å². The molecular weight excluding hydrogens is 444 g/mol. The molecule has 0 aromatic rings. The quantitative estimate of drug-likeness (QED) is 0.497. The summed E-state index contributed by atoms with van der Waals surface area (Å²) in [7, 11) is -1.86. The lowest BCUT2D eigenvalue weighted by molar-refractivity contribution is -0.225. The summed E-state index contributed by atoms with van der Waals surface area (Å²) >= 11 is 0. The largest absolute Gasteiger partial charge is 0.413 e. The lowest BCUT2D eigenvalue weighted by Crippen LogP contribution is -2.67. The van der Waals surface area contributed by atoms with E-state index in [-0.39, 0.29) is 34.0 Å². The maximum absolute atomic E-state index is 11.2. The number of fused-ring (bicyclic) bond motifs is 8. The summed E-state index contributed by atoms with van der Waals surface area (Å²) in [4.78, 5) is 0. The zero-order chi connectivity index (χ0) is 25.1. The van der Waals surface area contributed by atoms with Gasteiger partial charge in [0.2, 0.25) is 0 Å². The van der Waals surface area contributed by atoms with Crippen LogP contribution < -0.4 is 0 Å². The molecule has 5 fully saturated rings. The lowest BCUT2D eigenvalue weighted by Gasteiger charge is -2.64. The van der Waals surface area contributed by atoms with Crippen molar-refractivity contribution in [1.29, 1.82) is 0 Å². The monoisotopic (exact) mass is 494 g/mol. The van der Waals surface area contributed by atoms with Gasteiger partial charge in [-0.15, -0.1) is 0 Å². The van der Waals surface area contributed by atoms with Crippen LogP contribution in [0.3, 0.4) is 0 Å². The van der Waals surface area contributed by atoms with Crippen LogP contribution in [0, 0.1) is 34.5 Å². The Morgan fingerprint density at radius 2 is 1.41 bits per heavy atom. The van der Waals surface area contributed by atoms with Crippen molar-refractivity contribution in [2.45, 2.75) is 141 Å². The molecule has 0 aromatic carbocycles. The van der Waals surface area contributed by atoms with Crippen LogP contribution in [0.1, 0.15) is 87.0 Å². The van der Waals surface area contributed by atoms with Crippen molar-refractivity contribution in [1.82, 2.24) is 0 Å². The lowest BCUT2D eigenvalue weighted by atomic mass is 9.43. The highest BCUT2D eigenvalue weighted by atomic mass is 28.4. The Balaban J connectivity index is 1.51. The van der Waals surface area contributed by atoms with Crippen LogP contribution in [0.25, 0.3) is 0 Å². The van der Waals surface area contributed by atoms with Gasteiger partial charge < -0.3 is 24.1 Å². The van der Waals surface area contributed by atoms with Gasteiger partial charge in [-0.25, -0.2) is 0 Å². The first kappa shape index (κ1) is 25.7. The Morgan fingerprint density at radius 1 is 0.824 bits per heavy atom.